The summed E-state index contributed by atoms with van der Waals surface area (Å²) < 4.78 is 0. The maximum absolute atomic E-state index is 5.54. The van der Waals surface area contributed by atoms with Gasteiger partial charge in [-0.2, -0.15) is 0 Å². The van der Waals surface area contributed by atoms with E-state index >= 15 is 0 Å². The molecule has 0 aliphatic heterocycles. The Labute approximate surface area is 92.4 Å². The van der Waals surface area contributed by atoms with Gasteiger partial charge >= 0.3 is 0 Å². The van der Waals surface area contributed by atoms with Gasteiger partial charge in [-0.05, 0) is 12.1 Å². The van der Waals surface area contributed by atoms with Crippen molar-refractivity contribution in [3.05, 3.63) is 35.4 Å². The molecule has 0 bridgehead atoms. The fourth-order valence-corrected chi connectivity index (χ4v) is 0.560. The van der Waals surface area contributed by atoms with Crippen LogP contribution in [0.2, 0.25) is 5.02 Å². The molecule has 0 saturated heterocycles. The zero-order valence-corrected chi connectivity index (χ0v) is 9.21. The first-order valence-electron chi connectivity index (χ1n) is 3.21. The Balaban J connectivity index is 0.000000217. The molecule has 0 N–H and O–H groups in total. The Morgan fingerprint density at radius 1 is 1.08 bits per heavy atom. The summed E-state index contributed by atoms with van der Waals surface area (Å²) in [7, 11) is 0. The molecule has 0 fully saturated rings. The summed E-state index contributed by atoms with van der Waals surface area (Å²) in [6.07, 6.45) is 0. The van der Waals surface area contributed by atoms with E-state index in [1.165, 1.54) is 0 Å². The topological polar surface area (TPSA) is 0 Å². The highest BCUT2D eigenvalue weighted by Crippen LogP contribution is 2.03. The van der Waals surface area contributed by atoms with Crippen LogP contribution in [-0.2, 0) is 0 Å². The van der Waals surface area contributed by atoms with Crippen LogP contribution in [0, 0.1) is 0 Å². The lowest BCUT2D eigenvalue weighted by atomic mass is 10.4. The number of benzene rings is 1. The van der Waals surface area contributed by atoms with Crippen molar-refractivity contribution in [1.82, 2.24) is 0 Å². The van der Waals surface area contributed by atoms with E-state index in [9.17, 15) is 0 Å². The van der Waals surface area contributed by atoms with Gasteiger partial charge in [-0.25, -0.2) is 0 Å². The average molecular weight is 246 g/mol. The van der Waals surface area contributed by atoms with Crippen molar-refractivity contribution in [3.8, 4) is 0 Å². The molecule has 0 aliphatic rings. The second-order valence-corrected chi connectivity index (χ2v) is 3.86. The first-order valence-corrected chi connectivity index (χ1v) is 5.00. The van der Waals surface area contributed by atoms with Crippen LogP contribution in [0.4, 0.5) is 0 Å². The van der Waals surface area contributed by atoms with E-state index < -0.39 is 4.84 Å². The quantitative estimate of drug-likeness (QED) is 0.645. The van der Waals surface area contributed by atoms with Crippen LogP contribution >= 0.6 is 46.4 Å². The van der Waals surface area contributed by atoms with Crippen molar-refractivity contribution in [2.75, 3.05) is 5.88 Å². The van der Waals surface area contributed by atoms with E-state index in [1.54, 1.807) is 0 Å². The lowest BCUT2D eigenvalue weighted by Crippen LogP contribution is -1.82. The maximum Gasteiger partial charge on any atom is 0.121 e. The third kappa shape index (κ3) is 8.48. The number of rotatable bonds is 1. The summed E-state index contributed by atoms with van der Waals surface area (Å²) in [5.41, 5.74) is 0. The van der Waals surface area contributed by atoms with Gasteiger partial charge in [0.1, 0.15) is 4.84 Å². The predicted octanol–water partition coefficient (Wildman–Crippen LogP) is 4.37. The van der Waals surface area contributed by atoms with Crippen LogP contribution in [0.3, 0.4) is 0 Å². The minimum atomic E-state index is -0.406. The van der Waals surface area contributed by atoms with E-state index in [4.69, 9.17) is 46.4 Å². The van der Waals surface area contributed by atoms with Gasteiger partial charge in [-0.15, -0.1) is 34.8 Å². The number of alkyl halides is 3. The Hall–Kier alpha value is 0.380. The second-order valence-electron chi connectivity index (χ2n) is 1.84. The highest BCUT2D eigenvalue weighted by atomic mass is 35.5. The Kier molecular flexibility index (Phi) is 8.25. The minimum Gasteiger partial charge on any atom is -0.124 e. The van der Waals surface area contributed by atoms with Crippen LogP contribution in [0.1, 0.15) is 0 Å². The van der Waals surface area contributed by atoms with Crippen molar-refractivity contribution in [3.63, 3.8) is 0 Å². The van der Waals surface area contributed by atoms with Crippen molar-refractivity contribution < 1.29 is 0 Å². The molecule has 0 spiro atoms. The lowest BCUT2D eigenvalue weighted by molar-refractivity contribution is 1.40. The van der Waals surface area contributed by atoms with Gasteiger partial charge in [0.15, 0.2) is 0 Å². The van der Waals surface area contributed by atoms with Crippen LogP contribution in [0.25, 0.3) is 0 Å². The molecule has 0 unspecified atom stereocenters. The second kappa shape index (κ2) is 8.00. The molecule has 12 heavy (non-hydrogen) atoms. The first kappa shape index (κ1) is 12.4. The molecule has 1 rings (SSSR count). The smallest absolute Gasteiger partial charge is 0.121 e. The molecule has 0 saturated carbocycles. The third-order valence-electron chi connectivity index (χ3n) is 0.850. The maximum atomic E-state index is 5.54. The molecule has 0 aliphatic carbocycles. The van der Waals surface area contributed by atoms with Crippen molar-refractivity contribution in [2.24, 2.45) is 0 Å². The van der Waals surface area contributed by atoms with E-state index in [0.29, 0.717) is 5.88 Å². The predicted molar refractivity (Wildman–Crippen MR) is 57.7 cm³/mol. The van der Waals surface area contributed by atoms with Crippen molar-refractivity contribution in [1.29, 1.82) is 0 Å². The van der Waals surface area contributed by atoms with Crippen LogP contribution in [-0.4, -0.2) is 10.7 Å². The molecule has 0 atom stereocenters. The normalized spacial score (nSPS) is 9.08. The molecule has 68 valence electrons. The van der Waals surface area contributed by atoms with Gasteiger partial charge in [0.05, 0.1) is 5.88 Å². The van der Waals surface area contributed by atoms with Gasteiger partial charge < -0.3 is 0 Å². The molecule has 1 aromatic rings. The largest absolute Gasteiger partial charge is 0.124 e. The summed E-state index contributed by atoms with van der Waals surface area (Å²) in [6.45, 7) is 0. The molecule has 0 aromatic heterocycles. The first-order chi connectivity index (χ1) is 5.66. The van der Waals surface area contributed by atoms with Crippen LogP contribution < -0.4 is 0 Å². The molecule has 0 radical (unpaired) electrons. The van der Waals surface area contributed by atoms with E-state index in [1.807, 2.05) is 30.3 Å². The highest BCUT2D eigenvalue weighted by molar-refractivity contribution is 6.47. The van der Waals surface area contributed by atoms with Crippen molar-refractivity contribution >= 4 is 46.4 Å². The number of hydrogen-bond donors (Lipinski definition) is 0. The van der Waals surface area contributed by atoms with Gasteiger partial charge in [-0.1, -0.05) is 29.8 Å². The van der Waals surface area contributed by atoms with Crippen LogP contribution in [0.15, 0.2) is 30.3 Å². The van der Waals surface area contributed by atoms with E-state index in [2.05, 4.69) is 0 Å². The van der Waals surface area contributed by atoms with Gasteiger partial charge in [0.25, 0.3) is 0 Å². The molecule has 0 amide bonds. The summed E-state index contributed by atoms with van der Waals surface area (Å²) in [5, 5.41) is 0.794. The van der Waals surface area contributed by atoms with Gasteiger partial charge in [-0.3, -0.25) is 0 Å². The molecular formula is C8H8Cl4. The highest BCUT2D eigenvalue weighted by Gasteiger charge is 1.88. The zero-order chi connectivity index (χ0) is 9.40. The summed E-state index contributed by atoms with van der Waals surface area (Å²) >= 11 is 20.8. The average Bonchev–Trinajstić information content (AvgIpc) is 2.07. The third-order valence-corrected chi connectivity index (χ3v) is 2.03. The summed E-state index contributed by atoms with van der Waals surface area (Å²) in [5.74, 6) is 0.309. The molecule has 4 heteroatoms. The molecular weight excluding hydrogens is 238 g/mol. The Bertz CT molecular complexity index is 186. The summed E-state index contributed by atoms with van der Waals surface area (Å²) in [6, 6.07) is 9.44. The molecule has 1 aromatic carbocycles. The van der Waals surface area contributed by atoms with Crippen molar-refractivity contribution in [2.45, 2.75) is 4.84 Å². The van der Waals surface area contributed by atoms with E-state index in [-0.39, 0.29) is 0 Å². The lowest BCUT2D eigenvalue weighted by Gasteiger charge is -1.82. The Morgan fingerprint density at radius 2 is 1.50 bits per heavy atom. The molecule has 0 nitrogen and oxygen atoms in total. The van der Waals surface area contributed by atoms with Crippen LogP contribution in [0.5, 0.6) is 0 Å². The fourth-order valence-electron chi connectivity index (χ4n) is 0.415. The fraction of sp³-hybridized carbons (Fsp3) is 0.250. The Morgan fingerprint density at radius 3 is 1.67 bits per heavy atom. The SMILES string of the molecule is ClCC(Cl)Cl.Clc1ccccc1. The van der Waals surface area contributed by atoms with Gasteiger partial charge in [0, 0.05) is 5.02 Å². The molecule has 0 heterocycles. The number of halogens is 4. The minimum absolute atomic E-state index is 0.309. The standard InChI is InChI=1S/C6H5Cl.C2H3Cl3/c7-6-4-2-1-3-5-6;3-1-2(4)5/h1-5H;2H,1H2. The number of hydrogen-bond acceptors (Lipinski definition) is 0. The monoisotopic (exact) mass is 244 g/mol. The van der Waals surface area contributed by atoms with E-state index in [0.717, 1.165) is 5.02 Å². The summed E-state index contributed by atoms with van der Waals surface area (Å²) in [4.78, 5) is -0.406. The van der Waals surface area contributed by atoms with Gasteiger partial charge in [0.2, 0.25) is 0 Å². The zero-order valence-electron chi connectivity index (χ0n) is 6.18.